The molecule has 6 heteroatoms. The van der Waals surface area contributed by atoms with Crippen LogP contribution in [-0.2, 0) is 14.3 Å². The summed E-state index contributed by atoms with van der Waals surface area (Å²) in [6, 6.07) is 0.849. The van der Waals surface area contributed by atoms with Crippen molar-refractivity contribution in [3.8, 4) is 0 Å². The van der Waals surface area contributed by atoms with Crippen molar-refractivity contribution in [3.05, 3.63) is 0 Å². The summed E-state index contributed by atoms with van der Waals surface area (Å²) in [4.78, 5) is 23.9. The van der Waals surface area contributed by atoms with Crippen LogP contribution in [-0.4, -0.2) is 54.8 Å². The Morgan fingerprint density at radius 1 is 1.24 bits per heavy atom. The van der Waals surface area contributed by atoms with Crippen LogP contribution in [0.3, 0.4) is 0 Å². The predicted molar refractivity (Wildman–Crippen MR) is 77.9 cm³/mol. The average molecular weight is 298 g/mol. The van der Waals surface area contributed by atoms with E-state index in [2.05, 4.69) is 10.1 Å². The number of carbonyl (C=O) groups excluding carboxylic acids is 2. The monoisotopic (exact) mass is 298 g/mol. The van der Waals surface area contributed by atoms with Crippen LogP contribution in [0.2, 0.25) is 0 Å². The maximum absolute atomic E-state index is 11.7. The van der Waals surface area contributed by atoms with E-state index in [9.17, 15) is 9.59 Å². The molecule has 2 aliphatic heterocycles. The van der Waals surface area contributed by atoms with Gasteiger partial charge in [-0.2, -0.15) is 0 Å². The minimum Gasteiger partial charge on any atom is -0.469 e. The molecule has 0 unspecified atom stereocenters. The zero-order valence-corrected chi connectivity index (χ0v) is 13.3. The molecule has 1 amide bonds. The number of methoxy groups -OCH3 is 1. The Morgan fingerprint density at radius 2 is 1.90 bits per heavy atom. The minimum absolute atomic E-state index is 0.0417. The van der Waals surface area contributed by atoms with Crippen LogP contribution < -0.4 is 5.32 Å². The van der Waals surface area contributed by atoms with Crippen LogP contribution in [0.4, 0.5) is 4.79 Å². The maximum atomic E-state index is 11.7. The lowest BCUT2D eigenvalue weighted by Gasteiger charge is -2.30. The van der Waals surface area contributed by atoms with Gasteiger partial charge in [0, 0.05) is 25.2 Å². The van der Waals surface area contributed by atoms with Gasteiger partial charge in [0.05, 0.1) is 13.0 Å². The van der Waals surface area contributed by atoms with E-state index in [4.69, 9.17) is 4.74 Å². The highest BCUT2D eigenvalue weighted by Crippen LogP contribution is 2.29. The highest BCUT2D eigenvalue weighted by Gasteiger charge is 2.41. The summed E-state index contributed by atoms with van der Waals surface area (Å²) in [5, 5.41) is 3.35. The molecule has 0 aromatic carbocycles. The summed E-state index contributed by atoms with van der Waals surface area (Å²) in [5.41, 5.74) is -0.383. The van der Waals surface area contributed by atoms with Crippen molar-refractivity contribution in [2.75, 3.05) is 20.2 Å². The number of nitrogens with one attached hydrogen (secondary N) is 1. The number of ether oxygens (including phenoxy) is 2. The second-order valence-corrected chi connectivity index (χ2v) is 6.92. The lowest BCUT2D eigenvalue weighted by molar-refractivity contribution is -0.142. The van der Waals surface area contributed by atoms with Gasteiger partial charge in [0.2, 0.25) is 0 Å². The Bertz CT molecular complexity index is 401. The standard InChI is InChI=1S/C10H18N2O2.C5H8O2/c1-10(2,3)14-9(13)12-6-7-4-8(12)5-11-7;1-7-5(6)4-2-3-4/h7-8,11H,4-6H2,1-3H3;4H,2-3H2,1H3/t7-,8+;/m0./s1. The molecule has 21 heavy (non-hydrogen) atoms. The second-order valence-electron chi connectivity index (χ2n) is 6.92. The Hall–Kier alpha value is -1.30. The van der Waals surface area contributed by atoms with E-state index in [1.165, 1.54) is 7.11 Å². The Kier molecular flexibility index (Phi) is 4.76. The zero-order chi connectivity index (χ0) is 15.6. The van der Waals surface area contributed by atoms with Crippen molar-refractivity contribution in [1.82, 2.24) is 10.2 Å². The van der Waals surface area contributed by atoms with Crippen molar-refractivity contribution >= 4 is 12.1 Å². The molecule has 0 spiro atoms. The van der Waals surface area contributed by atoms with E-state index in [0.717, 1.165) is 32.4 Å². The highest BCUT2D eigenvalue weighted by molar-refractivity contribution is 5.74. The number of likely N-dealkylation sites (tertiary alicyclic amines) is 1. The molecule has 0 aromatic rings. The summed E-state index contributed by atoms with van der Waals surface area (Å²) in [6.45, 7) is 7.43. The molecular formula is C15H26N2O4. The summed E-state index contributed by atoms with van der Waals surface area (Å²) in [6.07, 6.45) is 2.99. The number of hydrogen-bond acceptors (Lipinski definition) is 5. The maximum Gasteiger partial charge on any atom is 0.410 e. The minimum atomic E-state index is -0.383. The average Bonchev–Trinajstić information content (AvgIpc) is 3.04. The molecule has 0 radical (unpaired) electrons. The van der Waals surface area contributed by atoms with Crippen LogP contribution in [0.15, 0.2) is 0 Å². The van der Waals surface area contributed by atoms with Gasteiger partial charge >= 0.3 is 12.1 Å². The van der Waals surface area contributed by atoms with Gasteiger partial charge in [-0.3, -0.25) is 4.79 Å². The number of esters is 1. The van der Waals surface area contributed by atoms with Crippen LogP contribution in [0.1, 0.15) is 40.0 Å². The number of amides is 1. The summed E-state index contributed by atoms with van der Waals surface area (Å²) in [7, 11) is 1.43. The first-order valence-electron chi connectivity index (χ1n) is 7.61. The quantitative estimate of drug-likeness (QED) is 0.744. The largest absolute Gasteiger partial charge is 0.469 e. The fourth-order valence-corrected chi connectivity index (χ4v) is 2.59. The first-order chi connectivity index (χ1) is 9.80. The number of nitrogens with zero attached hydrogens (tertiary/aromatic N) is 1. The number of rotatable bonds is 1. The number of fused-ring (bicyclic) bond motifs is 2. The zero-order valence-electron chi connectivity index (χ0n) is 13.3. The Balaban J connectivity index is 0.000000194. The summed E-state index contributed by atoms with van der Waals surface area (Å²) < 4.78 is 9.77. The molecule has 1 aliphatic carbocycles. The van der Waals surface area contributed by atoms with Gasteiger partial charge in [0.1, 0.15) is 5.60 Å². The number of hydrogen-bond donors (Lipinski definition) is 1. The van der Waals surface area contributed by atoms with Crippen molar-refractivity contribution < 1.29 is 19.1 Å². The molecule has 1 saturated carbocycles. The first kappa shape index (κ1) is 16.1. The molecule has 2 saturated heterocycles. The molecule has 0 aromatic heterocycles. The molecule has 120 valence electrons. The second kappa shape index (κ2) is 6.22. The van der Waals surface area contributed by atoms with Crippen molar-refractivity contribution in [2.24, 2.45) is 5.92 Å². The van der Waals surface area contributed by atoms with Gasteiger partial charge < -0.3 is 19.7 Å². The molecule has 3 rings (SSSR count). The van der Waals surface area contributed by atoms with Crippen molar-refractivity contribution in [3.63, 3.8) is 0 Å². The highest BCUT2D eigenvalue weighted by atomic mass is 16.6. The van der Waals surface area contributed by atoms with E-state index in [0.29, 0.717) is 12.1 Å². The van der Waals surface area contributed by atoms with Gasteiger partial charge in [-0.15, -0.1) is 0 Å². The third kappa shape index (κ3) is 4.59. The lowest BCUT2D eigenvalue weighted by atomic mass is 10.2. The van der Waals surface area contributed by atoms with E-state index in [1.54, 1.807) is 0 Å². The molecular weight excluding hydrogens is 272 g/mol. The molecule has 3 aliphatic rings. The molecule has 2 atom stereocenters. The molecule has 6 nitrogen and oxygen atoms in total. The van der Waals surface area contributed by atoms with Crippen LogP contribution in [0.5, 0.6) is 0 Å². The van der Waals surface area contributed by atoms with Gasteiger partial charge in [-0.05, 0) is 40.0 Å². The fraction of sp³-hybridized carbons (Fsp3) is 0.867. The predicted octanol–water partition coefficient (Wildman–Crippen LogP) is 1.54. The smallest absolute Gasteiger partial charge is 0.410 e. The van der Waals surface area contributed by atoms with E-state index >= 15 is 0 Å². The van der Waals surface area contributed by atoms with E-state index in [-0.39, 0.29) is 23.6 Å². The van der Waals surface area contributed by atoms with Crippen molar-refractivity contribution in [2.45, 2.75) is 57.7 Å². The molecule has 2 heterocycles. The number of piperazine rings is 1. The Labute approximate surface area is 126 Å². The van der Waals surface area contributed by atoms with Gasteiger partial charge in [-0.1, -0.05) is 0 Å². The Morgan fingerprint density at radius 3 is 2.24 bits per heavy atom. The van der Waals surface area contributed by atoms with E-state index in [1.807, 2.05) is 25.7 Å². The summed E-state index contributed by atoms with van der Waals surface area (Å²) >= 11 is 0. The number of carbonyl (C=O) groups is 2. The van der Waals surface area contributed by atoms with Crippen LogP contribution >= 0.6 is 0 Å². The lowest BCUT2D eigenvalue weighted by Crippen LogP contribution is -2.48. The van der Waals surface area contributed by atoms with Crippen LogP contribution in [0.25, 0.3) is 0 Å². The SMILES string of the molecule is CC(C)(C)OC(=O)N1C[C@@H]2C[C@@H]1CN2.COC(=O)C1CC1. The van der Waals surface area contributed by atoms with Gasteiger partial charge in [0.25, 0.3) is 0 Å². The first-order valence-corrected chi connectivity index (χ1v) is 7.61. The normalized spacial score (nSPS) is 27.0. The van der Waals surface area contributed by atoms with Crippen molar-refractivity contribution in [1.29, 1.82) is 0 Å². The molecule has 2 bridgehead atoms. The molecule has 1 N–H and O–H groups in total. The van der Waals surface area contributed by atoms with Gasteiger partial charge in [0.15, 0.2) is 0 Å². The summed E-state index contributed by atoms with van der Waals surface area (Å²) in [5.74, 6) is 0.213. The van der Waals surface area contributed by atoms with Crippen LogP contribution in [0, 0.1) is 5.92 Å². The molecule has 3 fully saturated rings. The third-order valence-electron chi connectivity index (χ3n) is 3.80. The van der Waals surface area contributed by atoms with Gasteiger partial charge in [-0.25, -0.2) is 4.79 Å². The fourth-order valence-electron chi connectivity index (χ4n) is 2.59. The van der Waals surface area contributed by atoms with E-state index < -0.39 is 0 Å². The topological polar surface area (TPSA) is 67.9 Å². The third-order valence-corrected chi connectivity index (χ3v) is 3.80.